The van der Waals surface area contributed by atoms with Crippen LogP contribution in [0.4, 0.5) is 5.69 Å². The molecule has 0 spiro atoms. The fourth-order valence-corrected chi connectivity index (χ4v) is 1.44. The van der Waals surface area contributed by atoms with Crippen LogP contribution in [0.1, 0.15) is 24.5 Å². The van der Waals surface area contributed by atoms with E-state index < -0.39 is 0 Å². The number of rotatable bonds is 4. The van der Waals surface area contributed by atoms with Gasteiger partial charge in [0.1, 0.15) is 5.75 Å². The van der Waals surface area contributed by atoms with Crippen LogP contribution >= 0.6 is 0 Å². The number of hydrogen-bond acceptors (Lipinski definition) is 2. The molecule has 0 fully saturated rings. The lowest BCUT2D eigenvalue weighted by Crippen LogP contribution is -2.00. The van der Waals surface area contributed by atoms with Crippen molar-refractivity contribution in [2.24, 2.45) is 0 Å². The first kappa shape index (κ1) is 10.9. The van der Waals surface area contributed by atoms with E-state index in [1.807, 2.05) is 13.1 Å². The molecular weight excluding hydrogens is 174 g/mol. The number of ether oxygens (including phenoxy) is 1. The highest BCUT2D eigenvalue weighted by atomic mass is 16.5. The van der Waals surface area contributed by atoms with Gasteiger partial charge in [-0.05, 0) is 43.5 Å². The van der Waals surface area contributed by atoms with Gasteiger partial charge < -0.3 is 10.1 Å². The molecule has 0 aliphatic carbocycles. The molecule has 0 saturated carbocycles. The quantitative estimate of drug-likeness (QED) is 0.793. The van der Waals surface area contributed by atoms with Crippen LogP contribution in [-0.2, 0) is 0 Å². The highest BCUT2D eigenvalue weighted by Gasteiger charge is 2.05. The minimum Gasteiger partial charge on any atom is -0.493 e. The van der Waals surface area contributed by atoms with Crippen LogP contribution in [0, 0.1) is 13.8 Å². The number of hydrogen-bond donors (Lipinski definition) is 1. The van der Waals surface area contributed by atoms with Crippen LogP contribution in [0.5, 0.6) is 5.75 Å². The van der Waals surface area contributed by atoms with Crippen LogP contribution < -0.4 is 10.1 Å². The molecule has 0 unspecified atom stereocenters. The van der Waals surface area contributed by atoms with Crippen molar-refractivity contribution in [3.8, 4) is 5.75 Å². The summed E-state index contributed by atoms with van der Waals surface area (Å²) in [6, 6.07) is 4.09. The van der Waals surface area contributed by atoms with Gasteiger partial charge in [-0.3, -0.25) is 0 Å². The fraction of sp³-hybridized carbons (Fsp3) is 0.500. The molecule has 1 rings (SSSR count). The first-order valence-electron chi connectivity index (χ1n) is 5.11. The van der Waals surface area contributed by atoms with Crippen molar-refractivity contribution in [3.63, 3.8) is 0 Å². The maximum atomic E-state index is 5.64. The SMILES string of the molecule is CCCOc1ccc(NC)c(C)c1C. The Kier molecular flexibility index (Phi) is 3.81. The van der Waals surface area contributed by atoms with Crippen LogP contribution in [0.3, 0.4) is 0 Å². The molecule has 1 aromatic rings. The number of nitrogens with one attached hydrogen (secondary N) is 1. The molecule has 2 nitrogen and oxygen atoms in total. The highest BCUT2D eigenvalue weighted by molar-refractivity contribution is 5.57. The third kappa shape index (κ3) is 2.19. The van der Waals surface area contributed by atoms with E-state index in [0.717, 1.165) is 18.8 Å². The molecule has 1 aromatic carbocycles. The third-order valence-electron chi connectivity index (χ3n) is 2.47. The molecule has 0 atom stereocenters. The molecular formula is C12H19NO. The van der Waals surface area contributed by atoms with Gasteiger partial charge in [0.2, 0.25) is 0 Å². The Morgan fingerprint density at radius 1 is 1.21 bits per heavy atom. The minimum atomic E-state index is 0.791. The molecule has 1 N–H and O–H groups in total. The van der Waals surface area contributed by atoms with Crippen LogP contribution in [-0.4, -0.2) is 13.7 Å². The predicted octanol–water partition coefficient (Wildman–Crippen LogP) is 3.13. The average molecular weight is 193 g/mol. The van der Waals surface area contributed by atoms with E-state index in [4.69, 9.17) is 4.74 Å². The van der Waals surface area contributed by atoms with Crippen LogP contribution in [0.25, 0.3) is 0 Å². The Balaban J connectivity index is 2.92. The van der Waals surface area contributed by atoms with Crippen LogP contribution in [0.2, 0.25) is 0 Å². The van der Waals surface area contributed by atoms with Crippen molar-refractivity contribution in [1.82, 2.24) is 0 Å². The first-order valence-corrected chi connectivity index (χ1v) is 5.11. The van der Waals surface area contributed by atoms with Crippen molar-refractivity contribution in [1.29, 1.82) is 0 Å². The normalized spacial score (nSPS) is 10.0. The lowest BCUT2D eigenvalue weighted by atomic mass is 10.1. The monoisotopic (exact) mass is 193 g/mol. The molecule has 14 heavy (non-hydrogen) atoms. The van der Waals surface area contributed by atoms with Gasteiger partial charge >= 0.3 is 0 Å². The van der Waals surface area contributed by atoms with Crippen LogP contribution in [0.15, 0.2) is 12.1 Å². The molecule has 0 aromatic heterocycles. The van der Waals surface area contributed by atoms with Gasteiger partial charge in [0, 0.05) is 12.7 Å². The van der Waals surface area contributed by atoms with Gasteiger partial charge in [0.15, 0.2) is 0 Å². The van der Waals surface area contributed by atoms with Gasteiger partial charge in [-0.15, -0.1) is 0 Å². The summed E-state index contributed by atoms with van der Waals surface area (Å²) >= 11 is 0. The Morgan fingerprint density at radius 2 is 1.93 bits per heavy atom. The molecule has 0 bridgehead atoms. The summed E-state index contributed by atoms with van der Waals surface area (Å²) < 4.78 is 5.64. The second kappa shape index (κ2) is 4.89. The third-order valence-corrected chi connectivity index (χ3v) is 2.47. The minimum absolute atomic E-state index is 0.791. The van der Waals surface area contributed by atoms with Crippen molar-refractivity contribution < 1.29 is 4.74 Å². The van der Waals surface area contributed by atoms with Crippen molar-refractivity contribution in [3.05, 3.63) is 23.3 Å². The van der Waals surface area contributed by atoms with Crippen molar-refractivity contribution in [2.75, 3.05) is 19.0 Å². The molecule has 0 radical (unpaired) electrons. The highest BCUT2D eigenvalue weighted by Crippen LogP contribution is 2.27. The summed E-state index contributed by atoms with van der Waals surface area (Å²) in [5, 5.41) is 3.16. The van der Waals surface area contributed by atoms with E-state index in [1.54, 1.807) is 0 Å². The standard InChI is InChI=1S/C12H19NO/c1-5-8-14-12-7-6-11(13-4)9(2)10(12)3/h6-7,13H,5,8H2,1-4H3. The van der Waals surface area contributed by atoms with E-state index in [1.165, 1.54) is 16.8 Å². The van der Waals surface area contributed by atoms with E-state index in [9.17, 15) is 0 Å². The van der Waals surface area contributed by atoms with E-state index in [0.29, 0.717) is 0 Å². The zero-order valence-corrected chi connectivity index (χ0v) is 9.48. The van der Waals surface area contributed by atoms with E-state index in [-0.39, 0.29) is 0 Å². The Morgan fingerprint density at radius 3 is 2.50 bits per heavy atom. The first-order chi connectivity index (χ1) is 6.70. The maximum Gasteiger partial charge on any atom is 0.122 e. The summed E-state index contributed by atoms with van der Waals surface area (Å²) in [6.07, 6.45) is 1.05. The fourth-order valence-electron chi connectivity index (χ4n) is 1.44. The van der Waals surface area contributed by atoms with Gasteiger partial charge in [-0.1, -0.05) is 6.92 Å². The largest absolute Gasteiger partial charge is 0.493 e. The molecule has 78 valence electrons. The Labute approximate surface area is 86.3 Å². The number of anilines is 1. The zero-order valence-electron chi connectivity index (χ0n) is 9.48. The lowest BCUT2D eigenvalue weighted by Gasteiger charge is -2.13. The van der Waals surface area contributed by atoms with E-state index in [2.05, 4.69) is 32.2 Å². The second-order valence-corrected chi connectivity index (χ2v) is 3.46. The van der Waals surface area contributed by atoms with Gasteiger partial charge in [0.25, 0.3) is 0 Å². The molecule has 0 heterocycles. The van der Waals surface area contributed by atoms with Gasteiger partial charge in [-0.25, -0.2) is 0 Å². The van der Waals surface area contributed by atoms with Crippen molar-refractivity contribution >= 4 is 5.69 Å². The maximum absolute atomic E-state index is 5.64. The molecule has 0 amide bonds. The predicted molar refractivity (Wildman–Crippen MR) is 61.2 cm³/mol. The Bertz CT molecular complexity index is 307. The summed E-state index contributed by atoms with van der Waals surface area (Å²) in [7, 11) is 1.94. The topological polar surface area (TPSA) is 21.3 Å². The zero-order chi connectivity index (χ0) is 10.6. The Hall–Kier alpha value is -1.18. The summed E-state index contributed by atoms with van der Waals surface area (Å²) in [5.41, 5.74) is 3.66. The summed E-state index contributed by atoms with van der Waals surface area (Å²) in [5.74, 6) is 1.00. The molecule has 0 aliphatic heterocycles. The molecule has 0 aliphatic rings. The number of benzene rings is 1. The second-order valence-electron chi connectivity index (χ2n) is 3.46. The van der Waals surface area contributed by atoms with Gasteiger partial charge in [0.05, 0.1) is 6.61 Å². The smallest absolute Gasteiger partial charge is 0.122 e. The lowest BCUT2D eigenvalue weighted by molar-refractivity contribution is 0.315. The molecule has 2 heteroatoms. The average Bonchev–Trinajstić information content (AvgIpc) is 2.20. The summed E-state index contributed by atoms with van der Waals surface area (Å²) in [6.45, 7) is 7.12. The molecule has 0 saturated heterocycles. The summed E-state index contributed by atoms with van der Waals surface area (Å²) in [4.78, 5) is 0. The van der Waals surface area contributed by atoms with E-state index >= 15 is 0 Å². The van der Waals surface area contributed by atoms with Crippen molar-refractivity contribution in [2.45, 2.75) is 27.2 Å². The van der Waals surface area contributed by atoms with Gasteiger partial charge in [-0.2, -0.15) is 0 Å².